The molecule has 1 amide bonds. The van der Waals surface area contributed by atoms with Gasteiger partial charge in [0.15, 0.2) is 6.04 Å². The fourth-order valence-corrected chi connectivity index (χ4v) is 2.77. The van der Waals surface area contributed by atoms with Crippen molar-refractivity contribution in [2.75, 3.05) is 7.11 Å². The second-order valence-corrected chi connectivity index (χ2v) is 5.50. The first-order chi connectivity index (χ1) is 10.1. The lowest BCUT2D eigenvalue weighted by Gasteiger charge is -2.27. The standard InChI is InChI=1S/C16H22N2O3/c1-21-16(20)14(11-6-3-2-4-7-11)18-15(19)12-8-5-9-13(17)10-12/h2-4,6-7,12-14H,5,8-10,17H2,1H3,(H,18,19). The average molecular weight is 290 g/mol. The van der Waals surface area contributed by atoms with E-state index in [2.05, 4.69) is 5.32 Å². The van der Waals surface area contributed by atoms with Crippen LogP contribution in [0.25, 0.3) is 0 Å². The normalized spacial score (nSPS) is 23.1. The summed E-state index contributed by atoms with van der Waals surface area (Å²) in [6.45, 7) is 0. The number of esters is 1. The van der Waals surface area contributed by atoms with Gasteiger partial charge in [-0.2, -0.15) is 0 Å². The highest BCUT2D eigenvalue weighted by molar-refractivity contribution is 5.86. The highest BCUT2D eigenvalue weighted by Crippen LogP contribution is 2.24. The molecule has 1 aliphatic rings. The molecule has 3 unspecified atom stereocenters. The molecule has 0 saturated heterocycles. The maximum absolute atomic E-state index is 12.4. The van der Waals surface area contributed by atoms with Gasteiger partial charge < -0.3 is 15.8 Å². The molecule has 5 nitrogen and oxygen atoms in total. The molecule has 3 atom stereocenters. The number of hydrogen-bond acceptors (Lipinski definition) is 4. The molecule has 1 aromatic carbocycles. The number of nitrogens with two attached hydrogens (primary N) is 1. The Labute approximate surface area is 124 Å². The first kappa shape index (κ1) is 15.5. The summed E-state index contributed by atoms with van der Waals surface area (Å²) < 4.78 is 4.80. The van der Waals surface area contributed by atoms with Crippen LogP contribution in [0, 0.1) is 5.92 Å². The Kier molecular flexibility index (Phi) is 5.33. The van der Waals surface area contributed by atoms with Crippen molar-refractivity contribution in [3.63, 3.8) is 0 Å². The number of benzene rings is 1. The SMILES string of the molecule is COC(=O)C(NC(=O)C1CCCC(N)C1)c1ccccc1. The predicted octanol–water partition coefficient (Wildman–Crippen LogP) is 1.53. The van der Waals surface area contributed by atoms with E-state index in [0.29, 0.717) is 6.42 Å². The van der Waals surface area contributed by atoms with Crippen molar-refractivity contribution in [2.24, 2.45) is 11.7 Å². The van der Waals surface area contributed by atoms with E-state index in [1.807, 2.05) is 18.2 Å². The molecule has 0 radical (unpaired) electrons. The van der Waals surface area contributed by atoms with Gasteiger partial charge in [0.2, 0.25) is 5.91 Å². The zero-order valence-corrected chi connectivity index (χ0v) is 12.2. The van der Waals surface area contributed by atoms with E-state index < -0.39 is 12.0 Å². The minimum Gasteiger partial charge on any atom is -0.467 e. The molecule has 21 heavy (non-hydrogen) atoms. The van der Waals surface area contributed by atoms with E-state index in [1.54, 1.807) is 12.1 Å². The lowest BCUT2D eigenvalue weighted by Crippen LogP contribution is -2.41. The Balaban J connectivity index is 2.08. The smallest absolute Gasteiger partial charge is 0.333 e. The monoisotopic (exact) mass is 290 g/mol. The quantitative estimate of drug-likeness (QED) is 0.824. The second-order valence-electron chi connectivity index (χ2n) is 5.50. The molecule has 0 spiro atoms. The minimum absolute atomic E-state index is 0.0720. The van der Waals surface area contributed by atoms with Gasteiger partial charge in [-0.3, -0.25) is 4.79 Å². The van der Waals surface area contributed by atoms with Gasteiger partial charge in [0, 0.05) is 12.0 Å². The summed E-state index contributed by atoms with van der Waals surface area (Å²) in [6, 6.07) is 8.43. The zero-order chi connectivity index (χ0) is 15.2. The molecule has 1 saturated carbocycles. The fraction of sp³-hybridized carbons (Fsp3) is 0.500. The Morgan fingerprint density at radius 3 is 2.62 bits per heavy atom. The van der Waals surface area contributed by atoms with Gasteiger partial charge in [-0.05, 0) is 24.8 Å². The third kappa shape index (κ3) is 4.04. The van der Waals surface area contributed by atoms with Crippen LogP contribution in [0.2, 0.25) is 0 Å². The second kappa shape index (κ2) is 7.22. The molecule has 0 aromatic heterocycles. The highest BCUT2D eigenvalue weighted by atomic mass is 16.5. The molecule has 3 N–H and O–H groups in total. The summed E-state index contributed by atoms with van der Waals surface area (Å²) >= 11 is 0. The number of carbonyl (C=O) groups is 2. The van der Waals surface area contributed by atoms with Crippen LogP contribution in [0.4, 0.5) is 0 Å². The molecule has 5 heteroatoms. The van der Waals surface area contributed by atoms with Crippen LogP contribution in [0.1, 0.15) is 37.3 Å². The van der Waals surface area contributed by atoms with E-state index in [4.69, 9.17) is 10.5 Å². The van der Waals surface area contributed by atoms with E-state index in [-0.39, 0.29) is 17.9 Å². The van der Waals surface area contributed by atoms with Crippen molar-refractivity contribution < 1.29 is 14.3 Å². The highest BCUT2D eigenvalue weighted by Gasteiger charge is 2.30. The Hall–Kier alpha value is -1.88. The van der Waals surface area contributed by atoms with Crippen molar-refractivity contribution in [1.29, 1.82) is 0 Å². The van der Waals surface area contributed by atoms with Crippen LogP contribution in [0.3, 0.4) is 0 Å². The zero-order valence-electron chi connectivity index (χ0n) is 12.2. The summed E-state index contributed by atoms with van der Waals surface area (Å²) in [5, 5.41) is 2.81. The summed E-state index contributed by atoms with van der Waals surface area (Å²) in [5.74, 6) is -0.705. The summed E-state index contributed by atoms with van der Waals surface area (Å²) in [5.41, 5.74) is 6.64. The van der Waals surface area contributed by atoms with E-state index >= 15 is 0 Å². The Morgan fingerprint density at radius 2 is 2.00 bits per heavy atom. The number of nitrogens with one attached hydrogen (secondary N) is 1. The maximum Gasteiger partial charge on any atom is 0.333 e. The number of ether oxygens (including phenoxy) is 1. The first-order valence-electron chi connectivity index (χ1n) is 7.30. The largest absolute Gasteiger partial charge is 0.467 e. The van der Waals surface area contributed by atoms with Crippen molar-refractivity contribution in [3.05, 3.63) is 35.9 Å². The van der Waals surface area contributed by atoms with Crippen LogP contribution in [0.15, 0.2) is 30.3 Å². The van der Waals surface area contributed by atoms with Gasteiger partial charge in [-0.25, -0.2) is 4.79 Å². The molecule has 0 heterocycles. The Bertz CT molecular complexity index is 490. The topological polar surface area (TPSA) is 81.4 Å². The fourth-order valence-electron chi connectivity index (χ4n) is 2.77. The molecular formula is C16H22N2O3. The van der Waals surface area contributed by atoms with E-state index in [1.165, 1.54) is 7.11 Å². The number of carbonyl (C=O) groups excluding carboxylic acids is 2. The average Bonchev–Trinajstić information content (AvgIpc) is 2.52. The number of amides is 1. The van der Waals surface area contributed by atoms with E-state index in [0.717, 1.165) is 24.8 Å². The molecule has 1 aromatic rings. The third-order valence-electron chi connectivity index (χ3n) is 3.94. The van der Waals surface area contributed by atoms with Crippen molar-refractivity contribution >= 4 is 11.9 Å². The van der Waals surface area contributed by atoms with Crippen LogP contribution >= 0.6 is 0 Å². The predicted molar refractivity (Wildman–Crippen MR) is 79.3 cm³/mol. The van der Waals surface area contributed by atoms with Gasteiger partial charge in [-0.15, -0.1) is 0 Å². The van der Waals surface area contributed by atoms with Crippen molar-refractivity contribution in [1.82, 2.24) is 5.32 Å². The van der Waals surface area contributed by atoms with Crippen molar-refractivity contribution in [2.45, 2.75) is 37.8 Å². The number of rotatable bonds is 4. The molecule has 1 fully saturated rings. The number of methoxy groups -OCH3 is 1. The summed E-state index contributed by atoms with van der Waals surface area (Å²) in [6.07, 6.45) is 3.41. The van der Waals surface area contributed by atoms with Crippen LogP contribution in [0.5, 0.6) is 0 Å². The van der Waals surface area contributed by atoms with Gasteiger partial charge >= 0.3 is 5.97 Å². The summed E-state index contributed by atoms with van der Waals surface area (Å²) in [7, 11) is 1.32. The third-order valence-corrected chi connectivity index (χ3v) is 3.94. The number of hydrogen-bond donors (Lipinski definition) is 2. The molecule has 0 bridgehead atoms. The Morgan fingerprint density at radius 1 is 1.29 bits per heavy atom. The maximum atomic E-state index is 12.4. The lowest BCUT2D eigenvalue weighted by atomic mass is 9.85. The van der Waals surface area contributed by atoms with Crippen LogP contribution in [-0.2, 0) is 14.3 Å². The van der Waals surface area contributed by atoms with Crippen molar-refractivity contribution in [3.8, 4) is 0 Å². The van der Waals surface area contributed by atoms with Gasteiger partial charge in [0.05, 0.1) is 7.11 Å². The molecule has 1 aliphatic carbocycles. The summed E-state index contributed by atoms with van der Waals surface area (Å²) in [4.78, 5) is 24.3. The first-order valence-corrected chi connectivity index (χ1v) is 7.30. The molecule has 2 rings (SSSR count). The van der Waals surface area contributed by atoms with Gasteiger partial charge in [0.25, 0.3) is 0 Å². The molecule has 114 valence electrons. The molecular weight excluding hydrogens is 268 g/mol. The van der Waals surface area contributed by atoms with Crippen LogP contribution in [-0.4, -0.2) is 25.0 Å². The van der Waals surface area contributed by atoms with Gasteiger partial charge in [-0.1, -0.05) is 36.8 Å². The van der Waals surface area contributed by atoms with E-state index in [9.17, 15) is 9.59 Å². The lowest BCUT2D eigenvalue weighted by molar-refractivity contribution is -0.146. The minimum atomic E-state index is -0.762. The van der Waals surface area contributed by atoms with Gasteiger partial charge in [0.1, 0.15) is 0 Å². The molecule has 0 aliphatic heterocycles. The van der Waals surface area contributed by atoms with Crippen LogP contribution < -0.4 is 11.1 Å².